The number of alkyl halides is 2. The summed E-state index contributed by atoms with van der Waals surface area (Å²) in [5.74, 6) is -1.34. The first-order valence-corrected chi connectivity index (χ1v) is 12.6. The molecular weight excluding hydrogens is 509 g/mol. The Morgan fingerprint density at radius 1 is 1.00 bits per heavy atom. The topological polar surface area (TPSA) is 137 Å². The van der Waals surface area contributed by atoms with Crippen LogP contribution >= 0.6 is 23.2 Å². The Bertz CT molecular complexity index is 1430. The Kier molecular flexibility index (Phi) is 8.28. The Balaban J connectivity index is 1.55. The molecule has 2 amide bonds. The van der Waals surface area contributed by atoms with Crippen LogP contribution in [0.3, 0.4) is 0 Å². The number of carbonyl (C=O) groups is 2. The van der Waals surface area contributed by atoms with Crippen molar-refractivity contribution in [3.05, 3.63) is 95.6 Å². The van der Waals surface area contributed by atoms with Crippen LogP contribution in [-0.4, -0.2) is 34.9 Å². The first-order valence-electron chi connectivity index (χ1n) is 11.7. The quantitative estimate of drug-likeness (QED) is 0.152. The van der Waals surface area contributed by atoms with E-state index in [0.29, 0.717) is 35.5 Å². The van der Waals surface area contributed by atoms with Crippen LogP contribution in [-0.2, 0) is 4.79 Å². The molecule has 190 valence electrons. The molecule has 0 bridgehead atoms. The molecule has 0 fully saturated rings. The molecule has 7 nitrogen and oxygen atoms in total. The maximum absolute atomic E-state index is 13.2. The Labute approximate surface area is 225 Å². The molecule has 37 heavy (non-hydrogen) atoms. The van der Waals surface area contributed by atoms with Gasteiger partial charge in [-0.25, -0.2) is 0 Å². The number of amides is 2. The van der Waals surface area contributed by atoms with Gasteiger partial charge >= 0.3 is 0 Å². The first kappa shape index (κ1) is 26.4. The summed E-state index contributed by atoms with van der Waals surface area (Å²) in [6.45, 7) is 0.310. The van der Waals surface area contributed by atoms with E-state index >= 15 is 0 Å². The van der Waals surface area contributed by atoms with E-state index in [1.54, 1.807) is 48.6 Å². The largest absolute Gasteiger partial charge is 0.398 e. The van der Waals surface area contributed by atoms with Gasteiger partial charge in [-0.2, -0.15) is 4.99 Å². The van der Waals surface area contributed by atoms with E-state index in [9.17, 15) is 9.59 Å². The minimum atomic E-state index is -0.520. The zero-order valence-electron chi connectivity index (χ0n) is 19.9. The van der Waals surface area contributed by atoms with Gasteiger partial charge in [0.25, 0.3) is 5.91 Å². The second-order valence-electron chi connectivity index (χ2n) is 8.70. The standard InChI is InChI=1S/C28H27Cl2N5O2/c29-23-9-7-18(14-24(23)30)21(11-12-31)28(37)34-20-8-10-25(32)22(15-20)26(33)35-27(36)19-6-5-16-3-1-2-4-17(16)13-19/h1-10,13-15,21,23-24H,11-12,31-32H2,(H,34,37)(H2,33,35,36). The van der Waals surface area contributed by atoms with Gasteiger partial charge < -0.3 is 22.5 Å². The third kappa shape index (κ3) is 6.20. The van der Waals surface area contributed by atoms with Gasteiger partial charge in [-0.1, -0.05) is 48.6 Å². The molecule has 0 radical (unpaired) electrons. The number of carbonyl (C=O) groups excluding carboxylic acids is 2. The van der Waals surface area contributed by atoms with Crippen LogP contribution in [0.5, 0.6) is 0 Å². The number of hydrogen-bond acceptors (Lipinski definition) is 4. The lowest BCUT2D eigenvalue weighted by molar-refractivity contribution is -0.118. The molecule has 4 rings (SSSR count). The summed E-state index contributed by atoms with van der Waals surface area (Å²) in [5, 5.41) is 4.05. The molecule has 0 saturated carbocycles. The number of rotatable bonds is 7. The third-order valence-corrected chi connectivity index (χ3v) is 7.06. The monoisotopic (exact) mass is 535 g/mol. The van der Waals surface area contributed by atoms with Crippen molar-refractivity contribution in [3.8, 4) is 0 Å². The number of nitrogens with zero attached hydrogens (tertiary/aromatic N) is 1. The molecule has 0 aromatic heterocycles. The lowest BCUT2D eigenvalue weighted by Gasteiger charge is -2.22. The van der Waals surface area contributed by atoms with Gasteiger partial charge in [0.1, 0.15) is 5.84 Å². The SMILES string of the molecule is NCCC(C(=O)Nc1ccc(N)c(C(N)=NC(=O)c2ccc3ccccc3c2)c1)C1=CC(Cl)C(Cl)C=C1. The van der Waals surface area contributed by atoms with Crippen LogP contribution in [0.25, 0.3) is 10.8 Å². The number of nitrogens with two attached hydrogens (primary N) is 3. The van der Waals surface area contributed by atoms with Crippen LogP contribution < -0.4 is 22.5 Å². The van der Waals surface area contributed by atoms with Crippen molar-refractivity contribution in [1.29, 1.82) is 0 Å². The number of benzene rings is 3. The fourth-order valence-electron chi connectivity index (χ4n) is 4.13. The van der Waals surface area contributed by atoms with Gasteiger partial charge in [0.15, 0.2) is 0 Å². The van der Waals surface area contributed by atoms with Crippen molar-refractivity contribution in [2.45, 2.75) is 17.2 Å². The molecule has 3 aromatic carbocycles. The van der Waals surface area contributed by atoms with Crippen LogP contribution in [0.2, 0.25) is 0 Å². The van der Waals surface area contributed by atoms with Crippen molar-refractivity contribution < 1.29 is 9.59 Å². The number of aliphatic imine (C=N–C) groups is 1. The third-order valence-electron chi connectivity index (χ3n) is 6.12. The zero-order valence-corrected chi connectivity index (χ0v) is 21.4. The molecule has 0 heterocycles. The molecular formula is C28H27Cl2N5O2. The van der Waals surface area contributed by atoms with E-state index in [1.165, 1.54) is 0 Å². The van der Waals surface area contributed by atoms with Crippen LogP contribution in [0.4, 0.5) is 11.4 Å². The van der Waals surface area contributed by atoms with Crippen molar-refractivity contribution in [1.82, 2.24) is 0 Å². The highest BCUT2D eigenvalue weighted by Crippen LogP contribution is 2.28. The van der Waals surface area contributed by atoms with Crippen molar-refractivity contribution in [3.63, 3.8) is 0 Å². The Morgan fingerprint density at radius 3 is 2.49 bits per heavy atom. The molecule has 3 atom stereocenters. The van der Waals surface area contributed by atoms with Gasteiger partial charge in [0, 0.05) is 22.5 Å². The molecule has 1 aliphatic carbocycles. The van der Waals surface area contributed by atoms with Gasteiger partial charge in [0.05, 0.1) is 16.7 Å². The molecule has 3 aromatic rings. The second-order valence-corrected chi connectivity index (χ2v) is 9.71. The number of fused-ring (bicyclic) bond motifs is 1. The number of nitrogens with one attached hydrogen (secondary N) is 1. The Morgan fingerprint density at radius 2 is 1.76 bits per heavy atom. The second kappa shape index (κ2) is 11.6. The summed E-state index contributed by atoms with van der Waals surface area (Å²) in [4.78, 5) is 30.0. The highest BCUT2D eigenvalue weighted by molar-refractivity contribution is 6.32. The average molecular weight is 536 g/mol. The molecule has 0 saturated heterocycles. The summed E-state index contributed by atoms with van der Waals surface area (Å²) in [6, 6.07) is 17.9. The van der Waals surface area contributed by atoms with Crippen LogP contribution in [0.1, 0.15) is 22.3 Å². The molecule has 9 heteroatoms. The number of allylic oxidation sites excluding steroid dienone is 3. The number of nitrogen functional groups attached to an aromatic ring is 1. The number of anilines is 2. The molecule has 0 aliphatic heterocycles. The summed E-state index contributed by atoms with van der Waals surface area (Å²) < 4.78 is 0. The molecule has 1 aliphatic rings. The van der Waals surface area contributed by atoms with Crippen LogP contribution in [0, 0.1) is 5.92 Å². The minimum Gasteiger partial charge on any atom is -0.398 e. The van der Waals surface area contributed by atoms with Gasteiger partial charge in [-0.15, -0.1) is 23.2 Å². The zero-order chi connectivity index (χ0) is 26.5. The van der Waals surface area contributed by atoms with Crippen molar-refractivity contribution in [2.75, 3.05) is 17.6 Å². The lowest BCUT2D eigenvalue weighted by atomic mass is 9.90. The highest BCUT2D eigenvalue weighted by Gasteiger charge is 2.26. The van der Waals surface area contributed by atoms with E-state index in [-0.39, 0.29) is 17.1 Å². The predicted molar refractivity (Wildman–Crippen MR) is 152 cm³/mol. The van der Waals surface area contributed by atoms with Crippen LogP contribution in [0.15, 0.2) is 89.5 Å². The summed E-state index contributed by atoms with van der Waals surface area (Å²) in [5.41, 5.74) is 20.3. The van der Waals surface area contributed by atoms with Crippen molar-refractivity contribution in [2.24, 2.45) is 22.4 Å². The smallest absolute Gasteiger partial charge is 0.278 e. The van der Waals surface area contributed by atoms with E-state index in [0.717, 1.165) is 16.3 Å². The fraction of sp³-hybridized carbons (Fsp3) is 0.179. The number of amidine groups is 1. The number of halogens is 2. The van der Waals surface area contributed by atoms with E-state index in [4.69, 9.17) is 40.4 Å². The van der Waals surface area contributed by atoms with E-state index < -0.39 is 17.2 Å². The first-order chi connectivity index (χ1) is 17.8. The molecule has 7 N–H and O–H groups in total. The summed E-state index contributed by atoms with van der Waals surface area (Å²) in [7, 11) is 0. The maximum atomic E-state index is 13.2. The normalized spacial score (nSPS) is 18.4. The summed E-state index contributed by atoms with van der Waals surface area (Å²) in [6.07, 6.45) is 5.76. The van der Waals surface area contributed by atoms with E-state index in [2.05, 4.69) is 10.3 Å². The van der Waals surface area contributed by atoms with Gasteiger partial charge in [-0.3, -0.25) is 9.59 Å². The van der Waals surface area contributed by atoms with Gasteiger partial charge in [0.2, 0.25) is 5.91 Å². The fourth-order valence-corrected chi connectivity index (χ4v) is 4.51. The van der Waals surface area contributed by atoms with Crippen molar-refractivity contribution >= 4 is 63.0 Å². The molecule has 3 unspecified atom stereocenters. The predicted octanol–water partition coefficient (Wildman–Crippen LogP) is 4.58. The molecule has 0 spiro atoms. The van der Waals surface area contributed by atoms with E-state index in [1.807, 2.05) is 30.3 Å². The minimum absolute atomic E-state index is 0.0543. The maximum Gasteiger partial charge on any atom is 0.278 e. The summed E-state index contributed by atoms with van der Waals surface area (Å²) >= 11 is 12.4. The lowest BCUT2D eigenvalue weighted by Crippen LogP contribution is -2.28. The van der Waals surface area contributed by atoms with Gasteiger partial charge in [-0.05, 0) is 59.6 Å². The average Bonchev–Trinajstić information content (AvgIpc) is 2.89. The Hall–Kier alpha value is -3.65. The highest BCUT2D eigenvalue weighted by atomic mass is 35.5. The number of hydrogen-bond donors (Lipinski definition) is 4.